The topological polar surface area (TPSA) is 217 Å². The molecular weight excluding hydrogens is 741 g/mol. The van der Waals surface area contributed by atoms with Crippen molar-refractivity contribution >= 4 is 51.8 Å². The molecule has 0 aliphatic carbocycles. The highest BCUT2D eigenvalue weighted by Crippen LogP contribution is 2.35. The minimum absolute atomic E-state index is 0.131. The van der Waals surface area contributed by atoms with E-state index in [0.29, 0.717) is 41.9 Å². The van der Waals surface area contributed by atoms with Crippen LogP contribution < -0.4 is 16.0 Å². The largest absolute Gasteiger partial charge is 0.453 e. The van der Waals surface area contributed by atoms with E-state index in [2.05, 4.69) is 35.9 Å². The molecule has 2 saturated heterocycles. The van der Waals surface area contributed by atoms with Crippen LogP contribution in [0.3, 0.4) is 0 Å². The van der Waals surface area contributed by atoms with E-state index < -0.39 is 24.3 Å². The van der Waals surface area contributed by atoms with Gasteiger partial charge in [-0.1, -0.05) is 39.8 Å². The number of methoxy groups -OCH3 is 2. The van der Waals surface area contributed by atoms with Crippen LogP contribution in [0.15, 0.2) is 42.2 Å². The van der Waals surface area contributed by atoms with E-state index in [9.17, 15) is 24.0 Å². The second-order valence-electron chi connectivity index (χ2n) is 14.5. The lowest BCUT2D eigenvalue weighted by Gasteiger charge is -2.29. The molecule has 1 aromatic carbocycles. The average molecular weight is 789 g/mol. The number of alkyl carbamates (subject to hydrolysis) is 2. The molecular formula is C38H48N10O7S. The van der Waals surface area contributed by atoms with Gasteiger partial charge in [-0.25, -0.2) is 24.5 Å². The van der Waals surface area contributed by atoms with Gasteiger partial charge >= 0.3 is 12.2 Å². The van der Waals surface area contributed by atoms with E-state index in [1.807, 2.05) is 58.2 Å². The van der Waals surface area contributed by atoms with Crippen LogP contribution in [0, 0.1) is 11.8 Å². The Kier molecular flexibility index (Phi) is 12.4. The summed E-state index contributed by atoms with van der Waals surface area (Å²) in [6.07, 6.45) is 4.98. The molecule has 4 amide bonds. The summed E-state index contributed by atoms with van der Waals surface area (Å²) < 4.78 is 9.47. The normalized spacial score (nSPS) is 17.9. The van der Waals surface area contributed by atoms with Crippen LogP contribution >= 0.6 is 11.3 Å². The zero-order valence-electron chi connectivity index (χ0n) is 32.3. The number of aromatic amines is 2. The first-order chi connectivity index (χ1) is 26.9. The van der Waals surface area contributed by atoms with Crippen LogP contribution in [0.2, 0.25) is 0 Å². The molecule has 2 fully saturated rings. The summed E-state index contributed by atoms with van der Waals surface area (Å²) in [4.78, 5) is 88.2. The molecule has 3 aromatic heterocycles. The summed E-state index contributed by atoms with van der Waals surface area (Å²) in [7, 11) is 2.53. The SMILES string of the molecule is COC(=O)N[C@H](C(=O)N1CCC[C@H]1c1nc(C(=O)c2ncsc2Nc2ccc(-c3c[nH]c([C@@H]4CCCN4C(=O)[C@@H](NC(=O)OC)C(C)C)n3)cc2)c[nH]1)C(C)C. The number of anilines is 2. The van der Waals surface area contributed by atoms with Crippen molar-refractivity contribution in [2.45, 2.75) is 77.5 Å². The van der Waals surface area contributed by atoms with Gasteiger partial charge in [0.1, 0.15) is 40.1 Å². The van der Waals surface area contributed by atoms with Crippen molar-refractivity contribution in [1.29, 1.82) is 0 Å². The van der Waals surface area contributed by atoms with Gasteiger partial charge in [0.25, 0.3) is 0 Å². The fourth-order valence-electron chi connectivity index (χ4n) is 7.14. The number of benzene rings is 1. The number of hydrogen-bond donors (Lipinski definition) is 5. The summed E-state index contributed by atoms with van der Waals surface area (Å²) >= 11 is 1.29. The zero-order chi connectivity index (χ0) is 40.1. The standard InChI is InChI=1S/C38H48N10O7S/c1-20(2)28(45-37(52)54-5)35(50)47-15-7-9-26(47)32-39-17-24(43-32)22-11-13-23(14-12-22)42-34-30(41-19-56-34)31(49)25-18-40-33(44-25)27-10-8-16-48(27)36(51)29(21(3)4)46-38(53)55-6/h11-14,17-21,26-29,42H,7-10,15-16H2,1-6H3,(H,39,43)(H,40,44)(H,45,52)(H,46,53)/t26-,27-,28-,29-/m0/s1. The molecule has 6 rings (SSSR count). The monoisotopic (exact) mass is 788 g/mol. The van der Waals surface area contributed by atoms with Crippen LogP contribution in [-0.4, -0.2) is 104 Å². The molecule has 5 heterocycles. The molecule has 0 radical (unpaired) electrons. The maximum absolute atomic E-state index is 13.7. The van der Waals surface area contributed by atoms with Crippen molar-refractivity contribution in [3.63, 3.8) is 0 Å². The summed E-state index contributed by atoms with van der Waals surface area (Å²) in [6.45, 7) is 8.52. The Bertz CT molecular complexity index is 2040. The average Bonchev–Trinajstić information content (AvgIpc) is 4.04. The van der Waals surface area contributed by atoms with E-state index >= 15 is 0 Å². The molecule has 4 atom stereocenters. The number of amides is 4. The number of nitrogens with one attached hydrogen (secondary N) is 5. The lowest BCUT2D eigenvalue weighted by Crippen LogP contribution is -2.51. The number of carbonyl (C=O) groups is 5. The first-order valence-electron chi connectivity index (χ1n) is 18.7. The van der Waals surface area contributed by atoms with Crippen LogP contribution in [0.4, 0.5) is 20.3 Å². The highest BCUT2D eigenvalue weighted by molar-refractivity contribution is 7.14. The minimum atomic E-state index is -0.768. The van der Waals surface area contributed by atoms with Gasteiger partial charge in [0.15, 0.2) is 0 Å². The van der Waals surface area contributed by atoms with Crippen molar-refractivity contribution in [3.8, 4) is 11.3 Å². The smallest absolute Gasteiger partial charge is 0.407 e. The summed E-state index contributed by atoms with van der Waals surface area (Å²) in [6, 6.07) is 5.47. The second kappa shape index (κ2) is 17.3. The molecule has 0 saturated carbocycles. The molecule has 0 bridgehead atoms. The van der Waals surface area contributed by atoms with E-state index in [4.69, 9.17) is 14.5 Å². The number of carbonyl (C=O) groups excluding carboxylic acids is 5. The number of likely N-dealkylation sites (tertiary alicyclic amines) is 2. The van der Waals surface area contributed by atoms with Crippen LogP contribution in [-0.2, 0) is 19.1 Å². The van der Waals surface area contributed by atoms with Crippen LogP contribution in [0.5, 0.6) is 0 Å². The van der Waals surface area contributed by atoms with Crippen LogP contribution in [0.1, 0.15) is 93.3 Å². The van der Waals surface area contributed by atoms with Gasteiger partial charge in [-0.15, -0.1) is 11.3 Å². The minimum Gasteiger partial charge on any atom is -0.453 e. The number of ketones is 1. The predicted molar refractivity (Wildman–Crippen MR) is 207 cm³/mol. The lowest BCUT2D eigenvalue weighted by molar-refractivity contribution is -0.136. The number of nitrogens with zero attached hydrogens (tertiary/aromatic N) is 5. The molecule has 2 aliphatic rings. The molecule has 0 spiro atoms. The first kappa shape index (κ1) is 39.9. The van der Waals surface area contributed by atoms with Gasteiger partial charge < -0.3 is 45.2 Å². The van der Waals surface area contributed by atoms with Gasteiger partial charge in [-0.05, 0) is 49.7 Å². The quantitative estimate of drug-likeness (QED) is 0.109. The Balaban J connectivity index is 1.10. The van der Waals surface area contributed by atoms with Crippen molar-refractivity contribution in [2.24, 2.45) is 11.8 Å². The first-order valence-corrected chi connectivity index (χ1v) is 19.5. The third-order valence-corrected chi connectivity index (χ3v) is 10.9. The third-order valence-electron chi connectivity index (χ3n) is 10.1. The number of ether oxygens (including phenoxy) is 2. The third kappa shape index (κ3) is 8.54. The summed E-state index contributed by atoms with van der Waals surface area (Å²) in [5, 5.41) is 9.17. The number of hydrogen-bond acceptors (Lipinski definition) is 12. The fraction of sp³-hybridized carbons (Fsp3) is 0.474. The zero-order valence-corrected chi connectivity index (χ0v) is 33.1. The van der Waals surface area contributed by atoms with E-state index in [-0.39, 0.29) is 52.9 Å². The Morgan fingerprint density at radius 2 is 1.32 bits per heavy atom. The molecule has 0 unspecified atom stereocenters. The Morgan fingerprint density at radius 3 is 1.86 bits per heavy atom. The van der Waals surface area contributed by atoms with Gasteiger partial charge in [-0.2, -0.15) is 0 Å². The fourth-order valence-corrected chi connectivity index (χ4v) is 7.84. The second-order valence-corrected chi connectivity index (χ2v) is 15.4. The van der Waals surface area contributed by atoms with E-state index in [0.717, 1.165) is 30.5 Å². The number of H-pyrrole nitrogens is 2. The molecule has 17 nitrogen and oxygen atoms in total. The maximum atomic E-state index is 13.7. The van der Waals surface area contributed by atoms with E-state index in [1.165, 1.54) is 31.8 Å². The number of imidazole rings is 2. The summed E-state index contributed by atoms with van der Waals surface area (Å²) in [5.41, 5.74) is 4.28. The van der Waals surface area contributed by atoms with Gasteiger partial charge in [0.05, 0.1) is 37.5 Å². The lowest BCUT2D eigenvalue weighted by atomic mass is 10.0. The Labute approximate surface area is 328 Å². The molecule has 2 aliphatic heterocycles. The van der Waals surface area contributed by atoms with Crippen molar-refractivity contribution in [3.05, 3.63) is 65.2 Å². The molecule has 298 valence electrons. The molecule has 56 heavy (non-hydrogen) atoms. The Hall–Kier alpha value is -5.78. The highest BCUT2D eigenvalue weighted by atomic mass is 32.1. The van der Waals surface area contributed by atoms with Gasteiger partial charge in [0, 0.05) is 36.7 Å². The summed E-state index contributed by atoms with van der Waals surface area (Å²) in [5.74, 6) is 0.0779. The number of rotatable bonds is 13. The Morgan fingerprint density at radius 1 is 0.786 bits per heavy atom. The van der Waals surface area contributed by atoms with Crippen molar-refractivity contribution in [2.75, 3.05) is 32.6 Å². The maximum Gasteiger partial charge on any atom is 0.407 e. The van der Waals surface area contributed by atoms with Gasteiger partial charge in [0.2, 0.25) is 17.6 Å². The van der Waals surface area contributed by atoms with Crippen molar-refractivity contribution in [1.82, 2.24) is 45.4 Å². The number of aromatic nitrogens is 5. The molecule has 5 N–H and O–H groups in total. The van der Waals surface area contributed by atoms with Gasteiger partial charge in [-0.3, -0.25) is 14.4 Å². The highest BCUT2D eigenvalue weighted by Gasteiger charge is 2.39. The molecule has 18 heteroatoms. The predicted octanol–water partition coefficient (Wildman–Crippen LogP) is 5.32. The molecule has 4 aromatic rings. The van der Waals surface area contributed by atoms with Crippen molar-refractivity contribution < 1.29 is 33.4 Å². The van der Waals surface area contributed by atoms with E-state index in [1.54, 1.807) is 15.3 Å². The van der Waals surface area contributed by atoms with Crippen LogP contribution in [0.25, 0.3) is 11.3 Å². The number of thiazole rings is 1.